The second-order valence-electron chi connectivity index (χ2n) is 3.74. The second kappa shape index (κ2) is 6.61. The van der Waals surface area contributed by atoms with E-state index in [1.54, 1.807) is 18.3 Å². The maximum atomic E-state index is 12.7. The third-order valence-electron chi connectivity index (χ3n) is 2.28. The molecule has 0 bridgehead atoms. The van der Waals surface area contributed by atoms with E-state index >= 15 is 0 Å². The number of nitrogens with one attached hydrogen (secondary N) is 2. The van der Waals surface area contributed by atoms with E-state index < -0.39 is 0 Å². The van der Waals surface area contributed by atoms with Gasteiger partial charge in [0.1, 0.15) is 5.82 Å². The topological polar surface area (TPSA) is 36.4 Å². The van der Waals surface area contributed by atoms with Crippen LogP contribution in [0, 0.1) is 5.82 Å². The van der Waals surface area contributed by atoms with Crippen LogP contribution >= 0.6 is 12.2 Å². The fraction of sp³-hybridized carbons (Fsp3) is 0. The molecule has 2 N–H and O–H groups in total. The fourth-order valence-corrected chi connectivity index (χ4v) is 1.57. The third-order valence-corrected chi connectivity index (χ3v) is 2.47. The van der Waals surface area contributed by atoms with Crippen molar-refractivity contribution in [2.24, 2.45) is 5.10 Å². The lowest BCUT2D eigenvalue weighted by Gasteiger charge is -2.06. The first kappa shape index (κ1) is 13.2. The van der Waals surface area contributed by atoms with E-state index in [0.29, 0.717) is 10.8 Å². The highest BCUT2D eigenvalue weighted by atomic mass is 32.1. The van der Waals surface area contributed by atoms with Crippen molar-refractivity contribution < 1.29 is 4.39 Å². The maximum absolute atomic E-state index is 12.7. The van der Waals surface area contributed by atoms with Crippen LogP contribution in [0.2, 0.25) is 0 Å². The molecule has 0 saturated heterocycles. The lowest BCUT2D eigenvalue weighted by molar-refractivity contribution is 0.628. The van der Waals surface area contributed by atoms with Crippen molar-refractivity contribution in [1.82, 2.24) is 5.43 Å². The maximum Gasteiger partial charge on any atom is 0.191 e. The Morgan fingerprint density at radius 1 is 1.05 bits per heavy atom. The summed E-state index contributed by atoms with van der Waals surface area (Å²) in [6, 6.07) is 15.6. The molecule has 2 aromatic carbocycles. The van der Waals surface area contributed by atoms with Crippen LogP contribution in [-0.4, -0.2) is 11.3 Å². The normalized spacial score (nSPS) is 10.4. The number of benzene rings is 2. The van der Waals surface area contributed by atoms with E-state index in [9.17, 15) is 4.39 Å². The highest BCUT2D eigenvalue weighted by Crippen LogP contribution is 2.07. The van der Waals surface area contributed by atoms with Crippen LogP contribution in [0.3, 0.4) is 0 Å². The molecular formula is C14H12FN3S. The smallest absolute Gasteiger partial charge is 0.191 e. The van der Waals surface area contributed by atoms with Gasteiger partial charge in [-0.1, -0.05) is 30.3 Å². The van der Waals surface area contributed by atoms with Gasteiger partial charge >= 0.3 is 0 Å². The molecule has 3 nitrogen and oxygen atoms in total. The van der Waals surface area contributed by atoms with Gasteiger partial charge in [-0.05, 0) is 42.0 Å². The predicted octanol–water partition coefficient (Wildman–Crippen LogP) is 3.15. The van der Waals surface area contributed by atoms with Crippen molar-refractivity contribution in [1.29, 1.82) is 0 Å². The zero-order valence-corrected chi connectivity index (χ0v) is 10.8. The van der Waals surface area contributed by atoms with Crippen LogP contribution in [0.15, 0.2) is 59.7 Å². The largest absolute Gasteiger partial charge is 0.331 e. The first-order valence-electron chi connectivity index (χ1n) is 5.65. The van der Waals surface area contributed by atoms with Crippen LogP contribution in [0.5, 0.6) is 0 Å². The molecule has 0 saturated carbocycles. The number of halogens is 1. The van der Waals surface area contributed by atoms with Gasteiger partial charge in [0.2, 0.25) is 0 Å². The van der Waals surface area contributed by atoms with E-state index in [-0.39, 0.29) is 5.82 Å². The highest BCUT2D eigenvalue weighted by molar-refractivity contribution is 7.80. The standard InChI is InChI=1S/C14H12FN3S/c15-12-6-8-13(9-7-12)17-14(19)18-16-10-11-4-2-1-3-5-11/h1-10H,(H2,17,18,19)/b16-10+. The molecule has 0 amide bonds. The van der Waals surface area contributed by atoms with Gasteiger partial charge < -0.3 is 5.32 Å². The number of rotatable bonds is 3. The number of anilines is 1. The minimum atomic E-state index is -0.286. The van der Waals surface area contributed by atoms with Crippen LogP contribution in [0.1, 0.15) is 5.56 Å². The van der Waals surface area contributed by atoms with Crippen LogP contribution in [0.25, 0.3) is 0 Å². The average molecular weight is 273 g/mol. The van der Waals surface area contributed by atoms with Crippen molar-refractivity contribution in [2.45, 2.75) is 0 Å². The summed E-state index contributed by atoms with van der Waals surface area (Å²) in [6.07, 6.45) is 1.67. The zero-order chi connectivity index (χ0) is 13.5. The van der Waals surface area contributed by atoms with Crippen molar-refractivity contribution in [3.05, 3.63) is 66.0 Å². The molecule has 0 unspecified atom stereocenters. The average Bonchev–Trinajstić information content (AvgIpc) is 2.43. The Kier molecular flexibility index (Phi) is 4.58. The number of hydrogen-bond donors (Lipinski definition) is 2. The minimum Gasteiger partial charge on any atom is -0.331 e. The van der Waals surface area contributed by atoms with Crippen molar-refractivity contribution >= 4 is 29.2 Å². The number of nitrogens with zero attached hydrogens (tertiary/aromatic N) is 1. The molecule has 96 valence electrons. The summed E-state index contributed by atoms with van der Waals surface area (Å²) in [7, 11) is 0. The van der Waals surface area contributed by atoms with Gasteiger partial charge in [0, 0.05) is 5.69 Å². The van der Waals surface area contributed by atoms with Gasteiger partial charge in [-0.3, -0.25) is 5.43 Å². The summed E-state index contributed by atoms with van der Waals surface area (Å²) in [6.45, 7) is 0. The lowest BCUT2D eigenvalue weighted by Crippen LogP contribution is -2.23. The number of hydrogen-bond acceptors (Lipinski definition) is 2. The molecular weight excluding hydrogens is 261 g/mol. The highest BCUT2D eigenvalue weighted by Gasteiger charge is 1.96. The minimum absolute atomic E-state index is 0.286. The Labute approximate surface area is 116 Å². The molecule has 0 spiro atoms. The van der Waals surface area contributed by atoms with E-state index in [1.807, 2.05) is 30.3 Å². The molecule has 0 fully saturated rings. The Hall–Kier alpha value is -2.27. The van der Waals surface area contributed by atoms with Crippen LogP contribution < -0.4 is 10.7 Å². The molecule has 0 aliphatic carbocycles. The Bertz CT molecular complexity index is 567. The fourth-order valence-electron chi connectivity index (χ4n) is 1.40. The molecule has 0 radical (unpaired) electrons. The quantitative estimate of drug-likeness (QED) is 0.512. The van der Waals surface area contributed by atoms with E-state index in [2.05, 4.69) is 15.8 Å². The molecule has 0 heterocycles. The molecule has 5 heteroatoms. The Balaban J connectivity index is 1.85. The van der Waals surface area contributed by atoms with E-state index in [4.69, 9.17) is 12.2 Å². The first-order chi connectivity index (χ1) is 9.24. The van der Waals surface area contributed by atoms with Crippen LogP contribution in [0.4, 0.5) is 10.1 Å². The predicted molar refractivity (Wildman–Crippen MR) is 79.8 cm³/mol. The molecule has 2 aromatic rings. The van der Waals surface area contributed by atoms with Gasteiger partial charge in [-0.25, -0.2) is 4.39 Å². The Morgan fingerprint density at radius 3 is 2.42 bits per heavy atom. The van der Waals surface area contributed by atoms with Crippen LogP contribution in [-0.2, 0) is 0 Å². The summed E-state index contributed by atoms with van der Waals surface area (Å²) in [4.78, 5) is 0. The van der Waals surface area contributed by atoms with Crippen molar-refractivity contribution in [3.8, 4) is 0 Å². The summed E-state index contributed by atoms with van der Waals surface area (Å²) >= 11 is 5.05. The number of hydrazone groups is 1. The number of thiocarbonyl (C=S) groups is 1. The molecule has 2 rings (SSSR count). The van der Waals surface area contributed by atoms with E-state index in [1.165, 1.54) is 12.1 Å². The molecule has 0 aliphatic heterocycles. The summed E-state index contributed by atoms with van der Waals surface area (Å²) < 4.78 is 12.7. The summed E-state index contributed by atoms with van der Waals surface area (Å²) in [5.41, 5.74) is 4.36. The van der Waals surface area contributed by atoms with Gasteiger partial charge in [0.25, 0.3) is 0 Å². The molecule has 19 heavy (non-hydrogen) atoms. The summed E-state index contributed by atoms with van der Waals surface area (Å²) in [5.74, 6) is -0.286. The van der Waals surface area contributed by atoms with Gasteiger partial charge in [0.15, 0.2) is 5.11 Å². The van der Waals surface area contributed by atoms with Gasteiger partial charge in [-0.2, -0.15) is 5.10 Å². The third kappa shape index (κ3) is 4.48. The zero-order valence-electron chi connectivity index (χ0n) is 10.0. The first-order valence-corrected chi connectivity index (χ1v) is 6.05. The van der Waals surface area contributed by atoms with Crippen molar-refractivity contribution in [3.63, 3.8) is 0 Å². The SMILES string of the molecule is Fc1ccc(NC(=S)N/N=C/c2ccccc2)cc1. The monoisotopic (exact) mass is 273 g/mol. The van der Waals surface area contributed by atoms with E-state index in [0.717, 1.165) is 5.56 Å². The lowest BCUT2D eigenvalue weighted by atomic mass is 10.2. The van der Waals surface area contributed by atoms with Gasteiger partial charge in [0.05, 0.1) is 6.21 Å². The summed E-state index contributed by atoms with van der Waals surface area (Å²) in [5, 5.41) is 7.24. The van der Waals surface area contributed by atoms with Gasteiger partial charge in [-0.15, -0.1) is 0 Å². The molecule has 0 aromatic heterocycles. The molecule has 0 atom stereocenters. The Morgan fingerprint density at radius 2 is 1.74 bits per heavy atom. The second-order valence-corrected chi connectivity index (χ2v) is 4.15. The van der Waals surface area contributed by atoms with Crippen molar-refractivity contribution in [2.75, 3.05) is 5.32 Å². The molecule has 0 aliphatic rings.